The van der Waals surface area contributed by atoms with Crippen LogP contribution in [0.4, 0.5) is 5.69 Å². The number of rotatable bonds is 2. The van der Waals surface area contributed by atoms with E-state index in [2.05, 4.69) is 24.3 Å². The van der Waals surface area contributed by atoms with E-state index >= 15 is 0 Å². The summed E-state index contributed by atoms with van der Waals surface area (Å²) in [7, 11) is 0. The fourth-order valence-electron chi connectivity index (χ4n) is 3.61. The maximum atomic E-state index is 5.09. The van der Waals surface area contributed by atoms with Crippen LogP contribution in [0.2, 0.25) is 0 Å². The van der Waals surface area contributed by atoms with Gasteiger partial charge in [0.25, 0.3) is 0 Å². The van der Waals surface area contributed by atoms with E-state index in [4.69, 9.17) is 9.98 Å². The van der Waals surface area contributed by atoms with Gasteiger partial charge >= 0.3 is 0 Å². The first-order valence-electron chi connectivity index (χ1n) is 8.52. The Balaban J connectivity index is 1.67. The molecule has 114 valence electrons. The first-order valence-corrected chi connectivity index (χ1v) is 9.34. The van der Waals surface area contributed by atoms with Crippen molar-refractivity contribution in [3.8, 4) is 0 Å². The second kappa shape index (κ2) is 6.41. The summed E-state index contributed by atoms with van der Waals surface area (Å²) in [6.07, 6.45) is 10.2. The van der Waals surface area contributed by atoms with Crippen LogP contribution in [-0.2, 0) is 0 Å². The Morgan fingerprint density at radius 2 is 1.50 bits per heavy atom. The molecule has 1 fully saturated rings. The van der Waals surface area contributed by atoms with Gasteiger partial charge in [-0.2, -0.15) is 0 Å². The Morgan fingerprint density at radius 1 is 0.818 bits per heavy atom. The molecule has 22 heavy (non-hydrogen) atoms. The van der Waals surface area contributed by atoms with Crippen LogP contribution < -0.4 is 0 Å². The van der Waals surface area contributed by atoms with Gasteiger partial charge in [0.2, 0.25) is 0 Å². The van der Waals surface area contributed by atoms with E-state index in [9.17, 15) is 0 Å². The van der Waals surface area contributed by atoms with Crippen molar-refractivity contribution in [1.29, 1.82) is 0 Å². The maximum absolute atomic E-state index is 5.09. The van der Waals surface area contributed by atoms with Gasteiger partial charge < -0.3 is 0 Å². The zero-order valence-electron chi connectivity index (χ0n) is 12.9. The Hall–Kier alpha value is -1.35. The van der Waals surface area contributed by atoms with Crippen LogP contribution in [0.1, 0.15) is 51.4 Å². The fourth-order valence-corrected chi connectivity index (χ4v) is 4.84. The number of benzene rings is 1. The molecular weight excluding hydrogens is 288 g/mol. The van der Waals surface area contributed by atoms with Crippen molar-refractivity contribution in [3.05, 3.63) is 41.5 Å². The van der Waals surface area contributed by atoms with Crippen molar-refractivity contribution < 1.29 is 0 Å². The largest absolute Gasteiger partial charge is 0.274 e. The molecule has 0 bridgehead atoms. The van der Waals surface area contributed by atoms with Gasteiger partial charge in [-0.05, 0) is 73.6 Å². The van der Waals surface area contributed by atoms with Crippen LogP contribution in [0.25, 0.3) is 0 Å². The van der Waals surface area contributed by atoms with Crippen LogP contribution in [0.5, 0.6) is 0 Å². The number of hydrogen-bond donors (Lipinski definition) is 0. The minimum Gasteiger partial charge on any atom is -0.274 e. The number of aliphatic imine (C=N–C) groups is 2. The van der Waals surface area contributed by atoms with Gasteiger partial charge in [-0.3, -0.25) is 4.99 Å². The zero-order chi connectivity index (χ0) is 14.8. The van der Waals surface area contributed by atoms with E-state index in [1.165, 1.54) is 72.6 Å². The van der Waals surface area contributed by atoms with E-state index in [1.54, 1.807) is 0 Å². The highest BCUT2D eigenvalue weighted by molar-refractivity contribution is 8.28. The van der Waals surface area contributed by atoms with Crippen molar-refractivity contribution in [2.45, 2.75) is 57.4 Å². The van der Waals surface area contributed by atoms with Crippen molar-refractivity contribution in [2.24, 2.45) is 9.98 Å². The molecule has 2 nitrogen and oxygen atoms in total. The molecule has 1 aliphatic heterocycles. The predicted molar refractivity (Wildman–Crippen MR) is 96.3 cm³/mol. The summed E-state index contributed by atoms with van der Waals surface area (Å²) in [6.45, 7) is 0. The van der Waals surface area contributed by atoms with Crippen LogP contribution in [0.15, 0.2) is 51.5 Å². The van der Waals surface area contributed by atoms with E-state index in [-0.39, 0.29) is 0 Å². The molecule has 0 aromatic heterocycles. The van der Waals surface area contributed by atoms with Crippen molar-refractivity contribution in [1.82, 2.24) is 0 Å². The molecular formula is C19H22N2S. The second-order valence-electron chi connectivity index (χ2n) is 6.39. The molecule has 0 N–H and O–H groups in total. The molecule has 1 saturated carbocycles. The summed E-state index contributed by atoms with van der Waals surface area (Å²) < 4.78 is 0. The molecule has 2 aliphatic carbocycles. The fraction of sp³-hybridized carbons (Fsp3) is 0.474. The third kappa shape index (κ3) is 2.91. The quantitative estimate of drug-likeness (QED) is 0.690. The van der Waals surface area contributed by atoms with Crippen LogP contribution in [-0.4, -0.2) is 16.1 Å². The number of thioether (sulfide) groups is 1. The number of nitrogens with zero attached hydrogens (tertiary/aromatic N) is 2. The molecule has 3 heteroatoms. The molecule has 0 spiro atoms. The van der Waals surface area contributed by atoms with Gasteiger partial charge in [-0.25, -0.2) is 4.99 Å². The third-order valence-corrected chi connectivity index (χ3v) is 5.87. The minimum atomic E-state index is 0.564. The molecule has 4 rings (SSSR count). The van der Waals surface area contributed by atoms with E-state index in [1.807, 2.05) is 17.8 Å². The average molecular weight is 310 g/mol. The van der Waals surface area contributed by atoms with Gasteiger partial charge in [0.15, 0.2) is 0 Å². The lowest BCUT2D eigenvalue weighted by Crippen LogP contribution is -2.05. The molecule has 3 aliphatic rings. The summed E-state index contributed by atoms with van der Waals surface area (Å²) in [6, 6.07) is 10.9. The summed E-state index contributed by atoms with van der Waals surface area (Å²) >= 11 is 1.82. The molecule has 1 aromatic rings. The second-order valence-corrected chi connectivity index (χ2v) is 7.37. The number of para-hydroxylation sites is 1. The molecule has 0 saturated heterocycles. The average Bonchev–Trinajstić information content (AvgIpc) is 3.18. The molecule has 1 aromatic carbocycles. The van der Waals surface area contributed by atoms with Crippen LogP contribution in [0.3, 0.4) is 0 Å². The highest BCUT2D eigenvalue weighted by Gasteiger charge is 2.30. The van der Waals surface area contributed by atoms with E-state index in [0.29, 0.717) is 6.04 Å². The minimum absolute atomic E-state index is 0.564. The highest BCUT2D eigenvalue weighted by atomic mass is 32.2. The monoisotopic (exact) mass is 310 g/mol. The van der Waals surface area contributed by atoms with Gasteiger partial charge in [0.1, 0.15) is 10.1 Å². The van der Waals surface area contributed by atoms with Gasteiger partial charge in [-0.1, -0.05) is 31.0 Å². The van der Waals surface area contributed by atoms with Gasteiger partial charge in [-0.15, -0.1) is 0 Å². The zero-order valence-corrected chi connectivity index (χ0v) is 13.7. The van der Waals surface area contributed by atoms with Crippen LogP contribution in [0, 0.1) is 0 Å². The summed E-state index contributed by atoms with van der Waals surface area (Å²) in [5, 5.41) is 2.49. The lowest BCUT2D eigenvalue weighted by atomic mass is 9.93. The van der Waals surface area contributed by atoms with Crippen LogP contribution >= 0.6 is 11.8 Å². The Labute approximate surface area is 136 Å². The Morgan fingerprint density at radius 3 is 2.23 bits per heavy atom. The van der Waals surface area contributed by atoms with Gasteiger partial charge in [0, 0.05) is 0 Å². The molecule has 0 radical (unpaired) electrons. The number of hydrogen-bond acceptors (Lipinski definition) is 3. The van der Waals surface area contributed by atoms with E-state index in [0.717, 1.165) is 5.69 Å². The van der Waals surface area contributed by atoms with E-state index < -0.39 is 0 Å². The summed E-state index contributed by atoms with van der Waals surface area (Å²) in [5.41, 5.74) is 4.05. The SMILES string of the molecule is c1ccc(N=C2SC(=NC3CCCC3)C3=C2CCCC3)cc1. The molecule has 0 amide bonds. The molecule has 0 unspecified atom stereocenters. The normalized spacial score (nSPS) is 26.2. The molecule has 1 heterocycles. The Kier molecular flexibility index (Phi) is 4.15. The molecule has 0 atom stereocenters. The third-order valence-electron chi connectivity index (χ3n) is 4.79. The van der Waals surface area contributed by atoms with Crippen molar-refractivity contribution in [2.75, 3.05) is 0 Å². The smallest absolute Gasteiger partial charge is 0.106 e. The van der Waals surface area contributed by atoms with Gasteiger partial charge in [0.05, 0.1) is 11.7 Å². The highest BCUT2D eigenvalue weighted by Crippen LogP contribution is 2.41. The summed E-state index contributed by atoms with van der Waals surface area (Å²) in [5.74, 6) is 0. The van der Waals surface area contributed by atoms with Crippen molar-refractivity contribution in [3.63, 3.8) is 0 Å². The summed E-state index contributed by atoms with van der Waals surface area (Å²) in [4.78, 5) is 10.0. The maximum Gasteiger partial charge on any atom is 0.106 e. The lowest BCUT2D eigenvalue weighted by molar-refractivity contribution is 0.694. The predicted octanol–water partition coefficient (Wildman–Crippen LogP) is 5.68. The first kappa shape index (κ1) is 14.3. The lowest BCUT2D eigenvalue weighted by Gasteiger charge is -2.13. The Bertz CT molecular complexity index is 637. The van der Waals surface area contributed by atoms with Crippen molar-refractivity contribution >= 4 is 27.5 Å². The standard InChI is InChI=1S/C19H22N2S/c1-2-8-14(9-3-1)20-18-16-12-6-7-13-17(16)19(22-18)21-15-10-4-5-11-15/h1-3,8-9,15H,4-7,10-13H2. The topological polar surface area (TPSA) is 24.7 Å². The first-order chi connectivity index (χ1) is 10.9.